The van der Waals surface area contributed by atoms with Crippen molar-refractivity contribution in [1.29, 1.82) is 0 Å². The average Bonchev–Trinajstić information content (AvgIpc) is 3.16. The maximum Gasteiger partial charge on any atom is 0.416 e. The second-order valence-electron chi connectivity index (χ2n) is 9.35. The quantitative estimate of drug-likeness (QED) is 0.630. The summed E-state index contributed by atoms with van der Waals surface area (Å²) in [7, 11) is 3.35. The standard InChI is InChI=1S/C24H32F3N3O4/c1-14(2)29(3)17-8-9-20(18(13-17)23(33)34-4)30-11-10-19(22(30)32)28-21(31)15-6-5-7-16(12-15)24(25,26)27/h5-7,12,14,17-20H,8-11,13H2,1-4H3,(H,28,31)/t17?,18?,19-,20?/m0/s1. The number of nitrogens with one attached hydrogen (secondary N) is 1. The number of nitrogens with zero attached hydrogens (tertiary/aromatic N) is 2. The Morgan fingerprint density at radius 1 is 1.21 bits per heavy atom. The summed E-state index contributed by atoms with van der Waals surface area (Å²) >= 11 is 0. The van der Waals surface area contributed by atoms with E-state index in [0.717, 1.165) is 24.6 Å². The summed E-state index contributed by atoms with van der Waals surface area (Å²) in [5.74, 6) is -1.91. The smallest absolute Gasteiger partial charge is 0.416 e. The van der Waals surface area contributed by atoms with Crippen molar-refractivity contribution >= 4 is 17.8 Å². The van der Waals surface area contributed by atoms with Gasteiger partial charge in [0, 0.05) is 30.2 Å². The van der Waals surface area contributed by atoms with E-state index < -0.39 is 29.6 Å². The predicted octanol–water partition coefficient (Wildman–Crippen LogP) is 3.09. The summed E-state index contributed by atoms with van der Waals surface area (Å²) in [6.45, 7) is 4.52. The number of hydrogen-bond acceptors (Lipinski definition) is 5. The van der Waals surface area contributed by atoms with E-state index in [2.05, 4.69) is 24.1 Å². The van der Waals surface area contributed by atoms with E-state index in [4.69, 9.17) is 4.74 Å². The fourth-order valence-electron chi connectivity index (χ4n) is 4.95. The van der Waals surface area contributed by atoms with Crippen molar-refractivity contribution in [2.45, 2.75) is 69.9 Å². The number of hydrogen-bond donors (Lipinski definition) is 1. The molecule has 1 aliphatic heterocycles. The van der Waals surface area contributed by atoms with Crippen molar-refractivity contribution in [2.75, 3.05) is 20.7 Å². The Kier molecular flexibility index (Phi) is 7.90. The first-order valence-electron chi connectivity index (χ1n) is 11.5. The number of likely N-dealkylation sites (tertiary alicyclic amines) is 1. The van der Waals surface area contributed by atoms with Crippen LogP contribution in [0.25, 0.3) is 0 Å². The second kappa shape index (κ2) is 10.3. The molecular formula is C24H32F3N3O4. The molecule has 2 aliphatic rings. The summed E-state index contributed by atoms with van der Waals surface area (Å²) in [6, 6.07) is 3.41. The zero-order valence-corrected chi connectivity index (χ0v) is 19.9. The van der Waals surface area contributed by atoms with Gasteiger partial charge in [0.2, 0.25) is 5.91 Å². The van der Waals surface area contributed by atoms with Crippen molar-refractivity contribution < 1.29 is 32.3 Å². The van der Waals surface area contributed by atoms with Gasteiger partial charge in [0.05, 0.1) is 18.6 Å². The van der Waals surface area contributed by atoms with Crippen LogP contribution in [-0.4, -0.2) is 72.5 Å². The molecular weight excluding hydrogens is 451 g/mol. The summed E-state index contributed by atoms with van der Waals surface area (Å²) in [5, 5.41) is 2.57. The lowest BCUT2D eigenvalue weighted by atomic mass is 9.80. The molecule has 1 saturated carbocycles. The first-order chi connectivity index (χ1) is 15.9. The Morgan fingerprint density at radius 3 is 2.53 bits per heavy atom. The van der Waals surface area contributed by atoms with Crippen molar-refractivity contribution in [3.05, 3.63) is 35.4 Å². The van der Waals surface area contributed by atoms with Gasteiger partial charge in [-0.05, 0) is 64.8 Å². The minimum Gasteiger partial charge on any atom is -0.469 e. The fourth-order valence-corrected chi connectivity index (χ4v) is 4.95. The molecule has 1 saturated heterocycles. The van der Waals surface area contributed by atoms with Crippen LogP contribution in [0.2, 0.25) is 0 Å². The number of halogens is 3. The zero-order valence-electron chi connectivity index (χ0n) is 19.9. The molecule has 0 bridgehead atoms. The molecule has 188 valence electrons. The first-order valence-corrected chi connectivity index (χ1v) is 11.5. The van der Waals surface area contributed by atoms with E-state index in [0.29, 0.717) is 31.8 Å². The minimum atomic E-state index is -4.57. The minimum absolute atomic E-state index is 0.161. The Morgan fingerprint density at radius 2 is 1.91 bits per heavy atom. The molecule has 7 nitrogen and oxygen atoms in total. The van der Waals surface area contributed by atoms with Crippen LogP contribution in [0.15, 0.2) is 24.3 Å². The second-order valence-corrected chi connectivity index (χ2v) is 9.35. The Labute approximate surface area is 197 Å². The number of alkyl halides is 3. The summed E-state index contributed by atoms with van der Waals surface area (Å²) in [6.07, 6.45) is -2.23. The van der Waals surface area contributed by atoms with Crippen LogP contribution < -0.4 is 5.32 Å². The molecule has 1 aromatic rings. The predicted molar refractivity (Wildman–Crippen MR) is 119 cm³/mol. The lowest BCUT2D eigenvalue weighted by Crippen LogP contribution is -2.53. The van der Waals surface area contributed by atoms with Crippen LogP contribution in [0.1, 0.15) is 55.5 Å². The van der Waals surface area contributed by atoms with Gasteiger partial charge in [-0.3, -0.25) is 14.4 Å². The van der Waals surface area contributed by atoms with Crippen molar-refractivity contribution in [1.82, 2.24) is 15.1 Å². The number of methoxy groups -OCH3 is 1. The van der Waals surface area contributed by atoms with Crippen molar-refractivity contribution in [3.63, 3.8) is 0 Å². The van der Waals surface area contributed by atoms with Gasteiger partial charge in [0.1, 0.15) is 6.04 Å². The highest BCUT2D eigenvalue weighted by molar-refractivity contribution is 5.98. The van der Waals surface area contributed by atoms with E-state index in [1.54, 1.807) is 4.90 Å². The third kappa shape index (κ3) is 5.54. The maximum atomic E-state index is 13.1. The lowest BCUT2D eigenvalue weighted by molar-refractivity contribution is -0.152. The topological polar surface area (TPSA) is 79.0 Å². The van der Waals surface area contributed by atoms with Gasteiger partial charge in [-0.1, -0.05) is 6.07 Å². The first kappa shape index (κ1) is 26.0. The van der Waals surface area contributed by atoms with E-state index >= 15 is 0 Å². The molecule has 0 spiro atoms. The van der Waals surface area contributed by atoms with E-state index in [1.807, 2.05) is 7.05 Å². The molecule has 0 radical (unpaired) electrons. The molecule has 34 heavy (non-hydrogen) atoms. The lowest BCUT2D eigenvalue weighted by Gasteiger charge is -2.43. The molecule has 1 aliphatic carbocycles. The molecule has 1 aromatic carbocycles. The van der Waals surface area contributed by atoms with E-state index in [9.17, 15) is 27.6 Å². The maximum absolute atomic E-state index is 13.1. The SMILES string of the molecule is COC(=O)C1CC(N(C)C(C)C)CCC1N1CC[C@H](NC(=O)c2cccc(C(F)(F)F)c2)C1=O. The third-order valence-corrected chi connectivity index (χ3v) is 7.08. The average molecular weight is 484 g/mol. The van der Waals surface area contributed by atoms with Gasteiger partial charge in [0.25, 0.3) is 5.91 Å². The molecule has 1 heterocycles. The largest absolute Gasteiger partial charge is 0.469 e. The van der Waals surface area contributed by atoms with Crippen LogP contribution in [0.3, 0.4) is 0 Å². The van der Waals surface area contributed by atoms with Gasteiger partial charge >= 0.3 is 12.1 Å². The molecule has 10 heteroatoms. The normalized spacial score (nSPS) is 25.7. The van der Waals surface area contributed by atoms with Crippen LogP contribution in [0.4, 0.5) is 13.2 Å². The van der Waals surface area contributed by atoms with E-state index in [1.165, 1.54) is 13.2 Å². The molecule has 1 N–H and O–H groups in total. The van der Waals surface area contributed by atoms with Gasteiger partial charge in [0.15, 0.2) is 0 Å². The van der Waals surface area contributed by atoms with Gasteiger partial charge in [-0.15, -0.1) is 0 Å². The van der Waals surface area contributed by atoms with Crippen molar-refractivity contribution in [2.24, 2.45) is 5.92 Å². The van der Waals surface area contributed by atoms with Gasteiger partial charge in [-0.2, -0.15) is 13.2 Å². The molecule has 3 unspecified atom stereocenters. The van der Waals surface area contributed by atoms with Crippen LogP contribution in [0, 0.1) is 5.92 Å². The van der Waals surface area contributed by atoms with Gasteiger partial charge < -0.3 is 19.9 Å². The van der Waals surface area contributed by atoms with Crippen molar-refractivity contribution in [3.8, 4) is 0 Å². The number of rotatable bonds is 6. The highest BCUT2D eigenvalue weighted by Gasteiger charge is 2.45. The van der Waals surface area contributed by atoms with E-state index in [-0.39, 0.29) is 29.5 Å². The monoisotopic (exact) mass is 483 g/mol. The number of ether oxygens (including phenoxy) is 1. The van der Waals surface area contributed by atoms with Crippen LogP contribution in [-0.2, 0) is 20.5 Å². The third-order valence-electron chi connectivity index (χ3n) is 7.08. The number of amides is 2. The number of carbonyl (C=O) groups is 3. The van der Waals surface area contributed by atoms with Crippen LogP contribution in [0.5, 0.6) is 0 Å². The fraction of sp³-hybridized carbons (Fsp3) is 0.625. The molecule has 2 amide bonds. The number of carbonyl (C=O) groups excluding carboxylic acids is 3. The number of benzene rings is 1. The molecule has 3 rings (SSSR count). The summed E-state index contributed by atoms with van der Waals surface area (Å²) in [4.78, 5) is 42.2. The highest BCUT2D eigenvalue weighted by atomic mass is 19.4. The summed E-state index contributed by atoms with van der Waals surface area (Å²) in [5.41, 5.74) is -1.09. The Balaban J connectivity index is 1.70. The molecule has 2 fully saturated rings. The molecule has 4 atom stereocenters. The highest BCUT2D eigenvalue weighted by Crippen LogP contribution is 2.35. The summed E-state index contributed by atoms with van der Waals surface area (Å²) < 4.78 is 44.0. The molecule has 0 aromatic heterocycles. The number of esters is 1. The Hall–Kier alpha value is -2.62. The van der Waals surface area contributed by atoms with Crippen LogP contribution >= 0.6 is 0 Å². The Bertz CT molecular complexity index is 921. The van der Waals surface area contributed by atoms with Gasteiger partial charge in [-0.25, -0.2) is 0 Å². The zero-order chi connectivity index (χ0) is 25.2.